The predicted octanol–water partition coefficient (Wildman–Crippen LogP) is 2.79. The van der Waals surface area contributed by atoms with Crippen molar-refractivity contribution in [1.82, 2.24) is 4.98 Å². The first kappa shape index (κ1) is 13.3. The summed E-state index contributed by atoms with van der Waals surface area (Å²) in [4.78, 5) is 4.94. The minimum atomic E-state index is 0.414. The number of pyridine rings is 1. The fourth-order valence-electron chi connectivity index (χ4n) is 2.42. The number of nitrogens with two attached hydrogens (primary N) is 1. The predicted molar refractivity (Wildman–Crippen MR) is 80.0 cm³/mol. The van der Waals surface area contributed by atoms with E-state index in [9.17, 15) is 0 Å². The lowest BCUT2D eigenvalue weighted by molar-refractivity contribution is 0.573. The van der Waals surface area contributed by atoms with Gasteiger partial charge in [0.15, 0.2) is 0 Å². The molecule has 4 heteroatoms. The van der Waals surface area contributed by atoms with E-state index in [1.165, 1.54) is 6.42 Å². The number of hydrogen-bond acceptors (Lipinski definition) is 3. The standard InChI is InChI=1S/C14H21N3S/c1-8-5-9(2)17-13(11(8)12(15)18)16-7-10-6-14(10,3)4/h5,10H,6-7H2,1-4H3,(H2,15,18)(H,16,17). The number of anilines is 1. The van der Waals surface area contributed by atoms with Gasteiger partial charge in [-0.2, -0.15) is 0 Å². The van der Waals surface area contributed by atoms with Crippen LogP contribution in [0, 0.1) is 25.2 Å². The molecule has 0 amide bonds. The van der Waals surface area contributed by atoms with Crippen LogP contribution in [0.5, 0.6) is 0 Å². The number of rotatable bonds is 4. The number of aromatic nitrogens is 1. The lowest BCUT2D eigenvalue weighted by atomic mass is 10.1. The van der Waals surface area contributed by atoms with Crippen LogP contribution in [0.4, 0.5) is 5.82 Å². The summed E-state index contributed by atoms with van der Waals surface area (Å²) in [6, 6.07) is 2.01. The zero-order valence-corrected chi connectivity index (χ0v) is 12.3. The second-order valence-electron chi connectivity index (χ2n) is 5.94. The van der Waals surface area contributed by atoms with E-state index in [0.717, 1.165) is 35.1 Å². The van der Waals surface area contributed by atoms with E-state index in [0.29, 0.717) is 10.4 Å². The summed E-state index contributed by atoms with van der Waals surface area (Å²) in [6.07, 6.45) is 1.27. The monoisotopic (exact) mass is 263 g/mol. The van der Waals surface area contributed by atoms with E-state index in [1.807, 2.05) is 19.9 Å². The molecule has 1 aromatic rings. The second-order valence-corrected chi connectivity index (χ2v) is 6.38. The molecule has 1 heterocycles. The largest absolute Gasteiger partial charge is 0.389 e. The molecule has 1 unspecified atom stereocenters. The maximum atomic E-state index is 5.79. The Morgan fingerprint density at radius 1 is 1.56 bits per heavy atom. The van der Waals surface area contributed by atoms with Gasteiger partial charge < -0.3 is 11.1 Å². The van der Waals surface area contributed by atoms with Crippen molar-refractivity contribution in [3.8, 4) is 0 Å². The fraction of sp³-hybridized carbons (Fsp3) is 0.571. The van der Waals surface area contributed by atoms with Gasteiger partial charge >= 0.3 is 0 Å². The highest BCUT2D eigenvalue weighted by Crippen LogP contribution is 2.51. The van der Waals surface area contributed by atoms with Crippen LogP contribution in [-0.2, 0) is 0 Å². The third kappa shape index (κ3) is 2.64. The van der Waals surface area contributed by atoms with Crippen LogP contribution in [0.3, 0.4) is 0 Å². The summed E-state index contributed by atoms with van der Waals surface area (Å²) in [5.74, 6) is 1.56. The maximum absolute atomic E-state index is 5.79. The van der Waals surface area contributed by atoms with Crippen LogP contribution in [0.2, 0.25) is 0 Å². The van der Waals surface area contributed by atoms with Crippen LogP contribution in [0.25, 0.3) is 0 Å². The van der Waals surface area contributed by atoms with Crippen molar-refractivity contribution in [2.75, 3.05) is 11.9 Å². The molecular weight excluding hydrogens is 242 g/mol. The maximum Gasteiger partial charge on any atom is 0.136 e. The van der Waals surface area contributed by atoms with Crippen molar-refractivity contribution in [3.05, 3.63) is 22.9 Å². The summed E-state index contributed by atoms with van der Waals surface area (Å²) in [6.45, 7) is 9.54. The average Bonchev–Trinajstić information content (AvgIpc) is 2.81. The number of nitrogens with zero attached hydrogens (tertiary/aromatic N) is 1. The molecular formula is C14H21N3S. The Morgan fingerprint density at radius 2 is 2.17 bits per heavy atom. The van der Waals surface area contributed by atoms with Gasteiger partial charge in [-0.25, -0.2) is 4.98 Å². The van der Waals surface area contributed by atoms with Crippen molar-refractivity contribution in [1.29, 1.82) is 0 Å². The Labute approximate surface area is 114 Å². The minimum absolute atomic E-state index is 0.414. The first-order valence-corrected chi connectivity index (χ1v) is 6.74. The quantitative estimate of drug-likeness (QED) is 0.820. The smallest absolute Gasteiger partial charge is 0.136 e. The highest BCUT2D eigenvalue weighted by molar-refractivity contribution is 7.80. The number of aryl methyl sites for hydroxylation is 2. The van der Waals surface area contributed by atoms with Crippen molar-refractivity contribution in [3.63, 3.8) is 0 Å². The van der Waals surface area contributed by atoms with Crippen LogP contribution in [0.15, 0.2) is 6.07 Å². The highest BCUT2D eigenvalue weighted by Gasteiger charge is 2.45. The molecule has 0 radical (unpaired) electrons. The normalized spacial score (nSPS) is 20.6. The lowest BCUT2D eigenvalue weighted by Crippen LogP contribution is -2.18. The summed E-state index contributed by atoms with van der Waals surface area (Å²) >= 11 is 5.12. The van der Waals surface area contributed by atoms with Gasteiger partial charge in [0.05, 0.1) is 5.56 Å². The first-order chi connectivity index (χ1) is 8.31. The van der Waals surface area contributed by atoms with Crippen LogP contribution >= 0.6 is 12.2 Å². The third-order valence-electron chi connectivity index (χ3n) is 3.82. The number of nitrogens with one attached hydrogen (secondary N) is 1. The second kappa shape index (κ2) is 4.50. The summed E-state index contributed by atoms with van der Waals surface area (Å²) in [7, 11) is 0. The molecule has 18 heavy (non-hydrogen) atoms. The SMILES string of the molecule is Cc1cc(C)c(C(N)=S)c(NCC2CC2(C)C)n1. The lowest BCUT2D eigenvalue weighted by Gasteiger charge is -2.14. The summed E-state index contributed by atoms with van der Waals surface area (Å²) in [5.41, 5.74) is 9.22. The van der Waals surface area contributed by atoms with E-state index in [2.05, 4.69) is 24.1 Å². The Kier molecular flexibility index (Phi) is 3.32. The minimum Gasteiger partial charge on any atom is -0.389 e. The molecule has 1 aliphatic carbocycles. The molecule has 0 spiro atoms. The van der Waals surface area contributed by atoms with Crippen molar-refractivity contribution >= 4 is 23.0 Å². The zero-order valence-electron chi connectivity index (χ0n) is 11.5. The third-order valence-corrected chi connectivity index (χ3v) is 4.03. The molecule has 0 bridgehead atoms. The van der Waals surface area contributed by atoms with Crippen LogP contribution in [0.1, 0.15) is 37.1 Å². The molecule has 1 fully saturated rings. The summed E-state index contributed by atoms with van der Waals surface area (Å²) < 4.78 is 0. The van der Waals surface area contributed by atoms with E-state index < -0.39 is 0 Å². The molecule has 0 aromatic carbocycles. The first-order valence-electron chi connectivity index (χ1n) is 6.33. The molecule has 1 aliphatic rings. The fourth-order valence-corrected chi connectivity index (χ4v) is 2.68. The Hall–Kier alpha value is -1.16. The number of hydrogen-bond donors (Lipinski definition) is 2. The molecule has 3 nitrogen and oxygen atoms in total. The molecule has 2 rings (SSSR count). The van der Waals surface area contributed by atoms with Gasteiger partial charge in [-0.3, -0.25) is 0 Å². The molecule has 0 aliphatic heterocycles. The Bertz CT molecular complexity index is 494. The van der Waals surface area contributed by atoms with Gasteiger partial charge in [0.1, 0.15) is 10.8 Å². The molecule has 3 N–H and O–H groups in total. The summed E-state index contributed by atoms with van der Waals surface area (Å²) in [5, 5.41) is 3.42. The molecule has 1 saturated carbocycles. The van der Waals surface area contributed by atoms with E-state index >= 15 is 0 Å². The van der Waals surface area contributed by atoms with E-state index in [-0.39, 0.29) is 0 Å². The van der Waals surface area contributed by atoms with Gasteiger partial charge in [-0.15, -0.1) is 0 Å². The molecule has 98 valence electrons. The molecule has 1 aromatic heterocycles. The number of thiocarbonyl (C=S) groups is 1. The van der Waals surface area contributed by atoms with Crippen LogP contribution in [-0.4, -0.2) is 16.5 Å². The highest BCUT2D eigenvalue weighted by atomic mass is 32.1. The van der Waals surface area contributed by atoms with Crippen molar-refractivity contribution in [2.45, 2.75) is 34.1 Å². The van der Waals surface area contributed by atoms with Crippen molar-refractivity contribution in [2.24, 2.45) is 17.1 Å². The van der Waals surface area contributed by atoms with E-state index in [1.54, 1.807) is 0 Å². The van der Waals surface area contributed by atoms with Gasteiger partial charge in [0, 0.05) is 12.2 Å². The van der Waals surface area contributed by atoms with Crippen molar-refractivity contribution < 1.29 is 0 Å². The Morgan fingerprint density at radius 3 is 2.67 bits per heavy atom. The molecule has 0 saturated heterocycles. The van der Waals surface area contributed by atoms with Crippen LogP contribution < -0.4 is 11.1 Å². The molecule has 1 atom stereocenters. The van der Waals surface area contributed by atoms with Gasteiger partial charge in [-0.05, 0) is 43.2 Å². The van der Waals surface area contributed by atoms with Gasteiger partial charge in [-0.1, -0.05) is 26.1 Å². The van der Waals surface area contributed by atoms with Gasteiger partial charge in [0.2, 0.25) is 0 Å². The average molecular weight is 263 g/mol. The van der Waals surface area contributed by atoms with Gasteiger partial charge in [0.25, 0.3) is 0 Å². The zero-order chi connectivity index (χ0) is 13.5. The van der Waals surface area contributed by atoms with E-state index in [4.69, 9.17) is 18.0 Å². The Balaban J connectivity index is 2.18. The topological polar surface area (TPSA) is 50.9 Å².